The molecule has 0 spiro atoms. The largest absolute Gasteiger partial charge is 0.481 e. The molecule has 0 rings (SSSR count). The van der Waals surface area contributed by atoms with Crippen LogP contribution in [-0.4, -0.2) is 67.9 Å². The van der Waals surface area contributed by atoms with E-state index in [-0.39, 0.29) is 38.6 Å². The van der Waals surface area contributed by atoms with Gasteiger partial charge in [0.15, 0.2) is 0 Å². The van der Waals surface area contributed by atoms with Crippen LogP contribution in [0, 0.1) is 0 Å². The van der Waals surface area contributed by atoms with E-state index in [1.54, 1.807) is 20.8 Å². The van der Waals surface area contributed by atoms with Gasteiger partial charge in [-0.25, -0.2) is 8.42 Å². The maximum atomic E-state index is 11.6. The van der Waals surface area contributed by atoms with Gasteiger partial charge in [0.25, 0.3) is 0 Å². The van der Waals surface area contributed by atoms with E-state index < -0.39 is 28.1 Å². The smallest absolute Gasteiger partial charge is 0.306 e. The lowest BCUT2D eigenvalue weighted by atomic mass is 10.3. The normalized spacial score (nSPS) is 13.4. The molecule has 8 nitrogen and oxygen atoms in total. The molecule has 0 aromatic heterocycles. The second kappa shape index (κ2) is 9.75. The zero-order valence-corrected chi connectivity index (χ0v) is 14.3. The Kier molecular flexibility index (Phi) is 9.22. The lowest BCUT2D eigenvalue weighted by Gasteiger charge is -2.26. The highest BCUT2D eigenvalue weighted by atomic mass is 32.2. The van der Waals surface area contributed by atoms with Crippen molar-refractivity contribution in [2.45, 2.75) is 45.8 Å². The van der Waals surface area contributed by atoms with Crippen LogP contribution in [0.2, 0.25) is 0 Å². The summed E-state index contributed by atoms with van der Waals surface area (Å²) in [5, 5.41) is 8.49. The molecule has 1 atom stereocenters. The minimum atomic E-state index is -3.37. The molecule has 0 unspecified atom stereocenters. The maximum Gasteiger partial charge on any atom is 0.306 e. The average molecular weight is 339 g/mol. The van der Waals surface area contributed by atoms with Crippen LogP contribution in [0.5, 0.6) is 0 Å². The number of hydrogen-bond donors (Lipinski definition) is 1. The SMILES string of the molecule is CCN(C[C@@H](COC(=O)CCC(=O)O)OC(C)C)S(C)(=O)=O. The summed E-state index contributed by atoms with van der Waals surface area (Å²) >= 11 is 0. The molecule has 1 N–H and O–H groups in total. The van der Waals surface area contributed by atoms with E-state index in [1.165, 1.54) is 4.31 Å². The van der Waals surface area contributed by atoms with Crippen LogP contribution in [0.3, 0.4) is 0 Å². The third-order valence-electron chi connectivity index (χ3n) is 2.67. The number of esters is 1. The number of ether oxygens (including phenoxy) is 2. The average Bonchev–Trinajstić information content (AvgIpc) is 2.37. The molecule has 9 heteroatoms. The molecule has 0 saturated carbocycles. The number of hydrogen-bond acceptors (Lipinski definition) is 6. The second-order valence-electron chi connectivity index (χ2n) is 5.10. The minimum absolute atomic E-state index is 0.0692. The van der Waals surface area contributed by atoms with E-state index in [4.69, 9.17) is 14.6 Å². The van der Waals surface area contributed by atoms with Crippen LogP contribution < -0.4 is 0 Å². The third kappa shape index (κ3) is 9.69. The summed E-state index contributed by atoms with van der Waals surface area (Å²) in [6.07, 6.45) is -0.210. The monoisotopic (exact) mass is 339 g/mol. The quantitative estimate of drug-likeness (QED) is 0.545. The van der Waals surface area contributed by atoms with E-state index in [2.05, 4.69) is 0 Å². The number of rotatable bonds is 11. The Hall–Kier alpha value is -1.19. The lowest BCUT2D eigenvalue weighted by Crippen LogP contribution is -2.41. The van der Waals surface area contributed by atoms with Gasteiger partial charge in [0, 0.05) is 13.1 Å². The van der Waals surface area contributed by atoms with Crippen molar-refractivity contribution >= 4 is 22.0 Å². The number of carbonyl (C=O) groups excluding carboxylic acids is 1. The molecule has 0 saturated heterocycles. The first-order valence-corrected chi connectivity index (χ1v) is 8.89. The molecular formula is C13H25NO7S. The lowest BCUT2D eigenvalue weighted by molar-refractivity contribution is -0.152. The zero-order chi connectivity index (χ0) is 17.3. The van der Waals surface area contributed by atoms with Crippen molar-refractivity contribution in [2.75, 3.05) is 26.0 Å². The van der Waals surface area contributed by atoms with Gasteiger partial charge in [-0.2, -0.15) is 4.31 Å². The Labute approximate surface area is 131 Å². The molecule has 0 heterocycles. The molecule has 0 aliphatic heterocycles. The van der Waals surface area contributed by atoms with Crippen molar-refractivity contribution in [3.63, 3.8) is 0 Å². The van der Waals surface area contributed by atoms with Gasteiger partial charge in [0.05, 0.1) is 25.2 Å². The van der Waals surface area contributed by atoms with Crippen LogP contribution >= 0.6 is 0 Å². The summed E-state index contributed by atoms with van der Waals surface area (Å²) in [7, 11) is -3.37. The van der Waals surface area contributed by atoms with Crippen LogP contribution in [0.15, 0.2) is 0 Å². The molecule has 22 heavy (non-hydrogen) atoms. The Balaban J connectivity index is 4.58. The molecule has 0 amide bonds. The summed E-state index contributed by atoms with van der Waals surface area (Å²) in [6, 6.07) is 0. The van der Waals surface area contributed by atoms with Crippen LogP contribution in [-0.2, 0) is 29.1 Å². The Morgan fingerprint density at radius 3 is 2.23 bits per heavy atom. The van der Waals surface area contributed by atoms with Gasteiger partial charge in [-0.1, -0.05) is 6.92 Å². The van der Waals surface area contributed by atoms with E-state index >= 15 is 0 Å². The number of carboxylic acid groups (broad SMARTS) is 1. The number of sulfonamides is 1. The number of aliphatic carboxylic acids is 1. The Morgan fingerprint density at radius 2 is 1.82 bits per heavy atom. The Bertz CT molecular complexity index is 461. The fourth-order valence-electron chi connectivity index (χ4n) is 1.71. The minimum Gasteiger partial charge on any atom is -0.481 e. The van der Waals surface area contributed by atoms with Crippen LogP contribution in [0.1, 0.15) is 33.6 Å². The van der Waals surface area contributed by atoms with Crippen LogP contribution in [0.25, 0.3) is 0 Å². The molecular weight excluding hydrogens is 314 g/mol. The highest BCUT2D eigenvalue weighted by Gasteiger charge is 2.23. The first-order chi connectivity index (χ1) is 10.1. The van der Waals surface area contributed by atoms with Gasteiger partial charge < -0.3 is 14.6 Å². The van der Waals surface area contributed by atoms with Gasteiger partial charge >= 0.3 is 11.9 Å². The molecule has 0 aliphatic rings. The first kappa shape index (κ1) is 20.8. The fourth-order valence-corrected chi connectivity index (χ4v) is 2.62. The van der Waals surface area contributed by atoms with Crippen molar-refractivity contribution in [2.24, 2.45) is 0 Å². The van der Waals surface area contributed by atoms with Gasteiger partial charge in [-0.15, -0.1) is 0 Å². The molecule has 0 radical (unpaired) electrons. The van der Waals surface area contributed by atoms with Gasteiger partial charge in [0.1, 0.15) is 12.7 Å². The number of likely N-dealkylation sites (N-methyl/N-ethyl adjacent to an activating group) is 1. The highest BCUT2D eigenvalue weighted by molar-refractivity contribution is 7.88. The number of nitrogens with zero attached hydrogens (tertiary/aromatic N) is 1. The third-order valence-corrected chi connectivity index (χ3v) is 4.01. The summed E-state index contributed by atoms with van der Waals surface area (Å²) < 4.78 is 34.9. The van der Waals surface area contributed by atoms with Crippen molar-refractivity contribution in [1.29, 1.82) is 0 Å². The van der Waals surface area contributed by atoms with Gasteiger partial charge in [0.2, 0.25) is 10.0 Å². The van der Waals surface area contributed by atoms with E-state index in [1.807, 2.05) is 0 Å². The molecule has 0 aliphatic carbocycles. The predicted molar refractivity (Wildman–Crippen MR) is 79.9 cm³/mol. The number of carbonyl (C=O) groups is 2. The first-order valence-electron chi connectivity index (χ1n) is 7.04. The summed E-state index contributed by atoms with van der Waals surface area (Å²) in [4.78, 5) is 21.8. The van der Waals surface area contributed by atoms with Crippen molar-refractivity contribution in [3.05, 3.63) is 0 Å². The standard InChI is InChI=1S/C13H25NO7S/c1-5-14(22(4,18)19)8-11(21-10(2)3)9-20-13(17)7-6-12(15)16/h10-11H,5-9H2,1-4H3,(H,15,16)/t11-/m0/s1. The van der Waals surface area contributed by atoms with E-state index in [0.717, 1.165) is 6.26 Å². The molecule has 0 bridgehead atoms. The molecule has 0 aromatic rings. The summed E-state index contributed by atoms with van der Waals surface area (Å²) in [5.74, 6) is -1.73. The van der Waals surface area contributed by atoms with Gasteiger partial charge in [-0.3, -0.25) is 9.59 Å². The maximum absolute atomic E-state index is 11.6. The fraction of sp³-hybridized carbons (Fsp3) is 0.846. The summed E-state index contributed by atoms with van der Waals surface area (Å²) in [5.41, 5.74) is 0. The second-order valence-corrected chi connectivity index (χ2v) is 7.08. The van der Waals surface area contributed by atoms with E-state index in [0.29, 0.717) is 0 Å². The number of carboxylic acids is 1. The van der Waals surface area contributed by atoms with E-state index in [9.17, 15) is 18.0 Å². The van der Waals surface area contributed by atoms with Crippen molar-refractivity contribution < 1.29 is 32.6 Å². The zero-order valence-electron chi connectivity index (χ0n) is 13.4. The molecule has 0 aromatic carbocycles. The Morgan fingerprint density at radius 1 is 1.23 bits per heavy atom. The topological polar surface area (TPSA) is 110 Å². The molecule has 130 valence electrons. The van der Waals surface area contributed by atoms with Crippen LogP contribution in [0.4, 0.5) is 0 Å². The van der Waals surface area contributed by atoms with Crippen molar-refractivity contribution in [1.82, 2.24) is 4.31 Å². The predicted octanol–water partition coefficient (Wildman–Crippen LogP) is 0.470. The highest BCUT2D eigenvalue weighted by Crippen LogP contribution is 2.07. The van der Waals surface area contributed by atoms with Gasteiger partial charge in [-0.05, 0) is 13.8 Å². The molecule has 0 fully saturated rings. The summed E-state index contributed by atoms with van der Waals surface area (Å²) in [6.45, 7) is 5.50. The van der Waals surface area contributed by atoms with Crippen molar-refractivity contribution in [3.8, 4) is 0 Å².